The predicted molar refractivity (Wildman–Crippen MR) is 100.0 cm³/mol. The molecular weight excluding hydrogens is 486 g/mol. The molecule has 0 radical (unpaired) electrons. The Morgan fingerprint density at radius 3 is 2.38 bits per heavy atom. The molecule has 0 aliphatic carbocycles. The van der Waals surface area contributed by atoms with Crippen LogP contribution in [-0.2, 0) is 15.0 Å². The Hall–Kier alpha value is -1.86. The Morgan fingerprint density at radius 2 is 1.77 bits per heavy atom. The highest BCUT2D eigenvalue weighted by Crippen LogP contribution is 2.32. The third-order valence-corrected chi connectivity index (χ3v) is 5.39. The van der Waals surface area contributed by atoms with Gasteiger partial charge in [0.1, 0.15) is 17.8 Å². The number of rotatable bonds is 7. The van der Waals surface area contributed by atoms with Crippen LogP contribution in [0.25, 0.3) is 0 Å². The summed E-state index contributed by atoms with van der Waals surface area (Å²) in [5.74, 6) is -3.36. The van der Waals surface area contributed by atoms with Gasteiger partial charge in [0, 0.05) is 10.6 Å². The monoisotopic (exact) mass is 499 g/mol. The van der Waals surface area contributed by atoms with E-state index in [4.69, 9.17) is 0 Å². The fourth-order valence-electron chi connectivity index (χ4n) is 1.90. The topological polar surface area (TPSA) is 78.5 Å². The highest BCUT2D eigenvalue weighted by atomic mass is 127. The van der Waals surface area contributed by atoms with E-state index in [0.717, 1.165) is 19.2 Å². The van der Waals surface area contributed by atoms with Crippen molar-refractivity contribution < 1.29 is 26.4 Å². The molecule has 0 saturated heterocycles. The van der Waals surface area contributed by atoms with Crippen molar-refractivity contribution in [3.05, 3.63) is 51.4 Å². The zero-order valence-corrected chi connectivity index (χ0v) is 16.2. The first-order valence-corrected chi connectivity index (χ1v) is 9.55. The Morgan fingerprint density at radius 1 is 1.12 bits per heavy atom. The summed E-state index contributed by atoms with van der Waals surface area (Å²) in [7, 11) is -3.08. The minimum atomic E-state index is -4.21. The number of aldehydes is 1. The van der Waals surface area contributed by atoms with E-state index in [1.54, 1.807) is 0 Å². The Labute approximate surface area is 161 Å². The van der Waals surface area contributed by atoms with Crippen LogP contribution in [-0.4, -0.2) is 32.6 Å². The molecule has 0 bridgehead atoms. The smallest absolute Gasteiger partial charge is 0.301 e. The molecule has 11 heteroatoms. The molecule has 26 heavy (non-hydrogen) atoms. The standard InChI is InChI=1S/C15H13F3IN3O3S/c1-22(6-7-23)26(24,25)21-13-5-3-10(16)14(18)15(13)20-12-4-2-9(19)8-11(12)17/h2-5,7-8,20-21H,6H2,1H3. The van der Waals surface area contributed by atoms with Gasteiger partial charge >= 0.3 is 10.2 Å². The van der Waals surface area contributed by atoms with Gasteiger partial charge in [-0.15, -0.1) is 0 Å². The number of nitrogens with zero attached hydrogens (tertiary/aromatic N) is 1. The van der Waals surface area contributed by atoms with Crippen LogP contribution in [0.15, 0.2) is 30.3 Å². The summed E-state index contributed by atoms with van der Waals surface area (Å²) in [4.78, 5) is 10.5. The van der Waals surface area contributed by atoms with Crippen molar-refractivity contribution in [2.75, 3.05) is 23.6 Å². The number of halogens is 4. The maximum atomic E-state index is 14.2. The van der Waals surface area contributed by atoms with Gasteiger partial charge < -0.3 is 10.1 Å². The van der Waals surface area contributed by atoms with Crippen LogP contribution in [0, 0.1) is 21.0 Å². The number of hydrogen-bond donors (Lipinski definition) is 2. The predicted octanol–water partition coefficient (Wildman–Crippen LogP) is 3.24. The molecule has 2 aromatic carbocycles. The lowest BCUT2D eigenvalue weighted by Gasteiger charge is -2.19. The number of carbonyl (C=O) groups excluding carboxylic acids is 1. The molecular formula is C15H13F3IN3O3S. The molecule has 0 heterocycles. The Balaban J connectivity index is 2.45. The van der Waals surface area contributed by atoms with Crippen LogP contribution in [0.3, 0.4) is 0 Å². The van der Waals surface area contributed by atoms with Gasteiger partial charge in [-0.2, -0.15) is 12.7 Å². The quantitative estimate of drug-likeness (QED) is 0.453. The lowest BCUT2D eigenvalue weighted by atomic mass is 10.2. The van der Waals surface area contributed by atoms with Gasteiger partial charge in [0.2, 0.25) is 0 Å². The minimum absolute atomic E-state index is 0.170. The summed E-state index contributed by atoms with van der Waals surface area (Å²) >= 11 is 1.88. The highest BCUT2D eigenvalue weighted by molar-refractivity contribution is 14.1. The van der Waals surface area contributed by atoms with Crippen LogP contribution in [0.4, 0.5) is 30.2 Å². The van der Waals surface area contributed by atoms with E-state index >= 15 is 0 Å². The average molecular weight is 499 g/mol. The summed E-state index contributed by atoms with van der Waals surface area (Å²) in [5.41, 5.74) is -1.11. The molecule has 2 N–H and O–H groups in total. The molecule has 140 valence electrons. The van der Waals surface area contributed by atoms with E-state index in [1.807, 2.05) is 27.3 Å². The van der Waals surface area contributed by atoms with Crippen LogP contribution in [0.2, 0.25) is 0 Å². The summed E-state index contributed by atoms with van der Waals surface area (Å²) in [5, 5.41) is 2.36. The lowest BCUT2D eigenvalue weighted by molar-refractivity contribution is -0.107. The van der Waals surface area contributed by atoms with E-state index in [2.05, 4.69) is 5.32 Å². The molecule has 2 rings (SSSR count). The Bertz CT molecular complexity index is 941. The van der Waals surface area contributed by atoms with Gasteiger partial charge in [-0.3, -0.25) is 4.72 Å². The first-order valence-electron chi connectivity index (χ1n) is 7.03. The number of likely N-dealkylation sites (N-methyl/N-ethyl adjacent to an activating group) is 1. The van der Waals surface area contributed by atoms with Crippen molar-refractivity contribution >= 4 is 56.1 Å². The van der Waals surface area contributed by atoms with Crippen LogP contribution >= 0.6 is 22.6 Å². The Kier molecular flexibility index (Phi) is 6.47. The molecule has 0 saturated carbocycles. The second-order valence-corrected chi connectivity index (χ2v) is 8.11. The SMILES string of the molecule is CN(CC=O)S(=O)(=O)Nc1ccc(F)c(F)c1Nc1ccc(I)cc1F. The van der Waals surface area contributed by atoms with Crippen molar-refractivity contribution in [3.63, 3.8) is 0 Å². The van der Waals surface area contributed by atoms with Crippen molar-refractivity contribution in [1.82, 2.24) is 4.31 Å². The average Bonchev–Trinajstić information content (AvgIpc) is 2.56. The molecule has 0 aliphatic rings. The minimum Gasteiger partial charge on any atom is -0.349 e. The maximum absolute atomic E-state index is 14.2. The zero-order chi connectivity index (χ0) is 19.5. The summed E-state index contributed by atoms with van der Waals surface area (Å²) in [6.07, 6.45) is 0.366. The molecule has 0 spiro atoms. The van der Waals surface area contributed by atoms with Gasteiger partial charge in [-0.25, -0.2) is 13.2 Å². The highest BCUT2D eigenvalue weighted by Gasteiger charge is 2.22. The molecule has 0 atom stereocenters. The molecule has 0 amide bonds. The third kappa shape index (κ3) is 4.65. The second-order valence-electron chi connectivity index (χ2n) is 5.09. The van der Waals surface area contributed by atoms with Crippen molar-refractivity contribution in [2.45, 2.75) is 0 Å². The first kappa shape index (κ1) is 20.5. The van der Waals surface area contributed by atoms with Crippen LogP contribution < -0.4 is 10.0 Å². The number of anilines is 3. The molecule has 0 aromatic heterocycles. The zero-order valence-electron chi connectivity index (χ0n) is 13.3. The fourth-order valence-corrected chi connectivity index (χ4v) is 3.22. The summed E-state index contributed by atoms with van der Waals surface area (Å²) in [6.45, 7) is -0.437. The molecule has 0 unspecified atom stereocenters. The number of hydrogen-bond acceptors (Lipinski definition) is 4. The summed E-state index contributed by atoms with van der Waals surface area (Å²) in [6, 6.07) is 5.71. The molecule has 2 aromatic rings. The third-order valence-electron chi connectivity index (χ3n) is 3.27. The van der Waals surface area contributed by atoms with Crippen LogP contribution in [0.5, 0.6) is 0 Å². The van der Waals surface area contributed by atoms with E-state index in [1.165, 1.54) is 18.2 Å². The van der Waals surface area contributed by atoms with E-state index < -0.39 is 39.9 Å². The van der Waals surface area contributed by atoms with Crippen molar-refractivity contribution in [2.24, 2.45) is 0 Å². The van der Waals surface area contributed by atoms with Gasteiger partial charge in [0.25, 0.3) is 0 Å². The lowest BCUT2D eigenvalue weighted by Crippen LogP contribution is -2.34. The largest absolute Gasteiger partial charge is 0.349 e. The van der Waals surface area contributed by atoms with E-state index in [0.29, 0.717) is 14.2 Å². The summed E-state index contributed by atoms with van der Waals surface area (Å²) < 4.78 is 69.4. The van der Waals surface area contributed by atoms with Gasteiger partial charge in [-0.1, -0.05) is 0 Å². The van der Waals surface area contributed by atoms with Gasteiger partial charge in [-0.05, 0) is 52.9 Å². The molecule has 0 aliphatic heterocycles. The second kappa shape index (κ2) is 8.22. The maximum Gasteiger partial charge on any atom is 0.301 e. The normalized spacial score (nSPS) is 11.5. The number of nitrogens with one attached hydrogen (secondary N) is 2. The fraction of sp³-hybridized carbons (Fsp3) is 0.133. The van der Waals surface area contributed by atoms with E-state index in [9.17, 15) is 26.4 Å². The van der Waals surface area contributed by atoms with Crippen molar-refractivity contribution in [1.29, 1.82) is 0 Å². The van der Waals surface area contributed by atoms with Gasteiger partial charge in [0.15, 0.2) is 11.6 Å². The number of carbonyl (C=O) groups is 1. The van der Waals surface area contributed by atoms with E-state index in [-0.39, 0.29) is 11.4 Å². The first-order chi connectivity index (χ1) is 12.2. The molecule has 0 fully saturated rings. The van der Waals surface area contributed by atoms with Gasteiger partial charge in [0.05, 0.1) is 17.9 Å². The molecule has 6 nitrogen and oxygen atoms in total. The number of benzene rings is 2. The van der Waals surface area contributed by atoms with Crippen molar-refractivity contribution in [3.8, 4) is 0 Å². The van der Waals surface area contributed by atoms with Crippen LogP contribution in [0.1, 0.15) is 0 Å².